The Labute approximate surface area is 127 Å². The van der Waals surface area contributed by atoms with Crippen molar-refractivity contribution in [2.45, 2.75) is 24.6 Å². The second-order valence-electron chi connectivity index (χ2n) is 4.96. The van der Waals surface area contributed by atoms with Crippen LogP contribution in [0.1, 0.15) is 28.7 Å². The minimum atomic E-state index is 0.572. The number of rotatable bonds is 3. The van der Waals surface area contributed by atoms with Gasteiger partial charge in [0.25, 0.3) is 0 Å². The summed E-state index contributed by atoms with van der Waals surface area (Å²) in [6.07, 6.45) is 3.52. The first kappa shape index (κ1) is 13.2. The second kappa shape index (κ2) is 5.68. The van der Waals surface area contributed by atoms with Gasteiger partial charge in [-0.25, -0.2) is 0 Å². The van der Waals surface area contributed by atoms with Gasteiger partial charge in [0.2, 0.25) is 0 Å². The van der Waals surface area contributed by atoms with Gasteiger partial charge in [0.1, 0.15) is 17.6 Å². The van der Waals surface area contributed by atoms with Crippen molar-refractivity contribution < 1.29 is 4.74 Å². The Hall–Kier alpha value is -1.79. The number of nitrogens with zero attached hydrogens (tertiary/aromatic N) is 1. The molecule has 0 unspecified atom stereocenters. The SMILES string of the molecule is N#Cc1cc(CBr)ccc1Oc1ccc2c(c1)CCC2. The topological polar surface area (TPSA) is 33.0 Å². The average molecular weight is 328 g/mol. The van der Waals surface area contributed by atoms with Crippen LogP contribution in [0, 0.1) is 11.3 Å². The molecule has 1 aliphatic rings. The molecule has 2 aromatic rings. The maximum Gasteiger partial charge on any atom is 0.145 e. The van der Waals surface area contributed by atoms with Gasteiger partial charge in [0.15, 0.2) is 0 Å². The molecule has 20 heavy (non-hydrogen) atoms. The van der Waals surface area contributed by atoms with Gasteiger partial charge < -0.3 is 4.74 Å². The van der Waals surface area contributed by atoms with E-state index < -0.39 is 0 Å². The third kappa shape index (κ3) is 2.57. The molecular formula is C17H14BrNO. The van der Waals surface area contributed by atoms with Crippen molar-refractivity contribution >= 4 is 15.9 Å². The number of halogens is 1. The lowest BCUT2D eigenvalue weighted by atomic mass is 10.1. The van der Waals surface area contributed by atoms with Crippen molar-refractivity contribution in [3.8, 4) is 17.6 Å². The Bertz CT molecular complexity index is 688. The van der Waals surface area contributed by atoms with E-state index in [4.69, 9.17) is 4.74 Å². The van der Waals surface area contributed by atoms with Crippen LogP contribution < -0.4 is 4.74 Å². The first-order valence-corrected chi connectivity index (χ1v) is 7.81. The maximum absolute atomic E-state index is 9.23. The Morgan fingerprint density at radius 3 is 2.75 bits per heavy atom. The van der Waals surface area contributed by atoms with Crippen LogP contribution in [0.4, 0.5) is 0 Å². The molecule has 3 rings (SSSR count). The van der Waals surface area contributed by atoms with Crippen molar-refractivity contribution in [3.05, 3.63) is 58.7 Å². The molecule has 0 radical (unpaired) electrons. The Morgan fingerprint density at radius 1 is 1.10 bits per heavy atom. The van der Waals surface area contributed by atoms with Crippen molar-refractivity contribution in [1.82, 2.24) is 0 Å². The molecule has 0 saturated carbocycles. The van der Waals surface area contributed by atoms with Crippen LogP contribution in [0.3, 0.4) is 0 Å². The van der Waals surface area contributed by atoms with E-state index in [1.165, 1.54) is 24.0 Å². The van der Waals surface area contributed by atoms with Gasteiger partial charge in [0, 0.05) is 5.33 Å². The zero-order chi connectivity index (χ0) is 13.9. The van der Waals surface area contributed by atoms with E-state index >= 15 is 0 Å². The fourth-order valence-electron chi connectivity index (χ4n) is 2.58. The van der Waals surface area contributed by atoms with Crippen molar-refractivity contribution in [3.63, 3.8) is 0 Å². The highest BCUT2D eigenvalue weighted by atomic mass is 79.9. The highest BCUT2D eigenvalue weighted by molar-refractivity contribution is 9.08. The lowest BCUT2D eigenvalue weighted by Gasteiger charge is -2.10. The van der Waals surface area contributed by atoms with Crippen molar-refractivity contribution in [2.24, 2.45) is 0 Å². The summed E-state index contributed by atoms with van der Waals surface area (Å²) in [4.78, 5) is 0. The Balaban J connectivity index is 1.90. The molecule has 100 valence electrons. The molecule has 0 heterocycles. The number of aryl methyl sites for hydroxylation is 2. The van der Waals surface area contributed by atoms with Gasteiger partial charge in [-0.3, -0.25) is 0 Å². The number of fused-ring (bicyclic) bond motifs is 1. The molecule has 0 fully saturated rings. The molecule has 0 amide bonds. The molecular weight excluding hydrogens is 314 g/mol. The van der Waals surface area contributed by atoms with Gasteiger partial charge in [0.05, 0.1) is 5.56 Å². The van der Waals surface area contributed by atoms with Crippen molar-refractivity contribution in [1.29, 1.82) is 5.26 Å². The zero-order valence-electron chi connectivity index (χ0n) is 11.0. The third-order valence-electron chi connectivity index (χ3n) is 3.62. The zero-order valence-corrected chi connectivity index (χ0v) is 12.6. The highest BCUT2D eigenvalue weighted by Crippen LogP contribution is 2.30. The fourth-order valence-corrected chi connectivity index (χ4v) is 2.92. The molecule has 1 aliphatic carbocycles. The summed E-state index contributed by atoms with van der Waals surface area (Å²) in [5, 5.41) is 9.96. The number of benzene rings is 2. The molecule has 0 atom stereocenters. The third-order valence-corrected chi connectivity index (χ3v) is 4.26. The number of nitriles is 1. The van der Waals surface area contributed by atoms with Gasteiger partial charge in [-0.05, 0) is 60.2 Å². The summed E-state index contributed by atoms with van der Waals surface area (Å²) in [5.74, 6) is 1.43. The lowest BCUT2D eigenvalue weighted by Crippen LogP contribution is -1.91. The van der Waals surface area contributed by atoms with E-state index in [1.807, 2.05) is 24.3 Å². The molecule has 0 saturated heterocycles. The molecule has 0 bridgehead atoms. The van der Waals surface area contributed by atoms with Crippen LogP contribution in [0.25, 0.3) is 0 Å². The Morgan fingerprint density at radius 2 is 1.95 bits per heavy atom. The summed E-state index contributed by atoms with van der Waals surface area (Å²) >= 11 is 3.40. The van der Waals surface area contributed by atoms with Crippen LogP contribution >= 0.6 is 15.9 Å². The molecule has 0 N–H and O–H groups in total. The molecule has 2 aromatic carbocycles. The van der Waals surface area contributed by atoms with E-state index in [2.05, 4.69) is 34.1 Å². The molecule has 0 aromatic heterocycles. The maximum atomic E-state index is 9.23. The van der Waals surface area contributed by atoms with Gasteiger partial charge in [-0.1, -0.05) is 28.1 Å². The minimum Gasteiger partial charge on any atom is -0.456 e. The largest absolute Gasteiger partial charge is 0.456 e. The summed E-state index contributed by atoms with van der Waals surface area (Å²) in [6.45, 7) is 0. The van der Waals surface area contributed by atoms with E-state index in [1.54, 1.807) is 0 Å². The lowest BCUT2D eigenvalue weighted by molar-refractivity contribution is 0.480. The van der Waals surface area contributed by atoms with E-state index in [0.717, 1.165) is 23.1 Å². The van der Waals surface area contributed by atoms with E-state index in [9.17, 15) is 5.26 Å². The predicted molar refractivity (Wildman–Crippen MR) is 82.3 cm³/mol. The second-order valence-corrected chi connectivity index (χ2v) is 5.52. The highest BCUT2D eigenvalue weighted by Gasteiger charge is 2.12. The fraction of sp³-hybridized carbons (Fsp3) is 0.235. The van der Waals surface area contributed by atoms with Crippen LogP contribution in [0.2, 0.25) is 0 Å². The summed E-state index contributed by atoms with van der Waals surface area (Å²) in [5.41, 5.74) is 4.44. The quantitative estimate of drug-likeness (QED) is 0.763. The monoisotopic (exact) mass is 327 g/mol. The number of alkyl halides is 1. The first-order valence-electron chi connectivity index (χ1n) is 6.69. The summed E-state index contributed by atoms with van der Waals surface area (Å²) in [7, 11) is 0. The van der Waals surface area contributed by atoms with Gasteiger partial charge in [-0.15, -0.1) is 0 Å². The van der Waals surface area contributed by atoms with E-state index in [0.29, 0.717) is 11.3 Å². The smallest absolute Gasteiger partial charge is 0.145 e. The average Bonchev–Trinajstić information content (AvgIpc) is 2.95. The van der Waals surface area contributed by atoms with Crippen LogP contribution in [0.5, 0.6) is 11.5 Å². The molecule has 0 spiro atoms. The predicted octanol–water partition coefficient (Wildman–Crippen LogP) is 4.73. The molecule has 0 aliphatic heterocycles. The van der Waals surface area contributed by atoms with E-state index in [-0.39, 0.29) is 0 Å². The number of ether oxygens (including phenoxy) is 1. The number of hydrogen-bond acceptors (Lipinski definition) is 2. The van der Waals surface area contributed by atoms with Crippen LogP contribution in [-0.2, 0) is 18.2 Å². The minimum absolute atomic E-state index is 0.572. The molecule has 3 heteroatoms. The first-order chi connectivity index (χ1) is 9.80. The number of hydrogen-bond donors (Lipinski definition) is 0. The van der Waals surface area contributed by atoms with Crippen LogP contribution in [-0.4, -0.2) is 0 Å². The van der Waals surface area contributed by atoms with Crippen molar-refractivity contribution in [2.75, 3.05) is 0 Å². The summed E-state index contributed by atoms with van der Waals surface area (Å²) < 4.78 is 5.89. The summed E-state index contributed by atoms with van der Waals surface area (Å²) in [6, 6.07) is 14.1. The van der Waals surface area contributed by atoms with Gasteiger partial charge >= 0.3 is 0 Å². The molecule has 2 nitrogen and oxygen atoms in total. The normalized spacial score (nSPS) is 12.8. The Kier molecular flexibility index (Phi) is 3.75. The van der Waals surface area contributed by atoms with Gasteiger partial charge in [-0.2, -0.15) is 5.26 Å². The standard InChI is InChI=1S/C17H14BrNO/c18-10-12-4-7-17(15(8-12)11-19)20-16-6-5-13-2-1-3-14(13)9-16/h4-9H,1-3,10H2. The van der Waals surface area contributed by atoms with Crippen LogP contribution in [0.15, 0.2) is 36.4 Å².